The van der Waals surface area contributed by atoms with Gasteiger partial charge in [-0.05, 0) is 43.7 Å². The molecule has 0 atom stereocenters. The minimum absolute atomic E-state index is 0.305. The Labute approximate surface area is 131 Å². The van der Waals surface area contributed by atoms with Crippen molar-refractivity contribution >= 4 is 11.6 Å². The molecule has 2 rings (SSSR count). The predicted octanol–water partition coefficient (Wildman–Crippen LogP) is 4.33. The van der Waals surface area contributed by atoms with Gasteiger partial charge < -0.3 is 4.90 Å². The zero-order valence-corrected chi connectivity index (χ0v) is 13.1. The highest BCUT2D eigenvalue weighted by atomic mass is 16.1. The van der Waals surface area contributed by atoms with Crippen molar-refractivity contribution in [2.75, 3.05) is 18.0 Å². The third-order valence-corrected chi connectivity index (χ3v) is 3.50. The van der Waals surface area contributed by atoms with E-state index >= 15 is 0 Å². The molecule has 0 aliphatic rings. The third-order valence-electron chi connectivity index (χ3n) is 3.50. The second-order valence-corrected chi connectivity index (χ2v) is 4.91. The summed E-state index contributed by atoms with van der Waals surface area (Å²) in [5.74, 6) is -0.305. The number of azo groups is 1. The van der Waals surface area contributed by atoms with Crippen molar-refractivity contribution < 1.29 is 4.79 Å². The molecule has 0 bridgehead atoms. The summed E-state index contributed by atoms with van der Waals surface area (Å²) >= 11 is 0. The Morgan fingerprint density at radius 3 is 2.18 bits per heavy atom. The molecular weight excluding hydrogens is 274 g/mol. The van der Waals surface area contributed by atoms with Crippen molar-refractivity contribution in [3.8, 4) is 0 Å². The molecule has 2 aromatic rings. The number of hydrogen-bond donors (Lipinski definition) is 0. The molecule has 0 saturated heterocycles. The van der Waals surface area contributed by atoms with Gasteiger partial charge in [0.15, 0.2) is 0 Å². The number of nitrogens with zero attached hydrogens (tertiary/aromatic N) is 3. The summed E-state index contributed by atoms with van der Waals surface area (Å²) in [5.41, 5.74) is 2.80. The van der Waals surface area contributed by atoms with Crippen molar-refractivity contribution in [3.05, 3.63) is 65.7 Å². The van der Waals surface area contributed by atoms with Crippen molar-refractivity contribution in [3.63, 3.8) is 0 Å². The van der Waals surface area contributed by atoms with Gasteiger partial charge >= 0.3 is 0 Å². The Balaban J connectivity index is 1.94. The molecule has 1 amide bonds. The van der Waals surface area contributed by atoms with E-state index in [9.17, 15) is 4.79 Å². The van der Waals surface area contributed by atoms with Crippen LogP contribution in [0.15, 0.2) is 64.8 Å². The molecular formula is C18H21N3O. The van der Waals surface area contributed by atoms with Gasteiger partial charge in [-0.3, -0.25) is 4.79 Å². The second-order valence-electron chi connectivity index (χ2n) is 4.91. The molecule has 114 valence electrons. The predicted molar refractivity (Wildman–Crippen MR) is 89.3 cm³/mol. The van der Waals surface area contributed by atoms with Crippen LogP contribution in [0.3, 0.4) is 0 Å². The quantitative estimate of drug-likeness (QED) is 0.745. The zero-order chi connectivity index (χ0) is 15.8. The van der Waals surface area contributed by atoms with E-state index in [1.165, 1.54) is 5.69 Å². The molecule has 0 unspecified atom stereocenters. The van der Waals surface area contributed by atoms with Crippen LogP contribution in [-0.2, 0) is 6.54 Å². The van der Waals surface area contributed by atoms with E-state index in [2.05, 4.69) is 41.1 Å². The monoisotopic (exact) mass is 295 g/mol. The number of carbonyl (C=O) groups excluding carboxylic acids is 1. The lowest BCUT2D eigenvalue weighted by molar-refractivity contribution is 0.0993. The molecule has 0 N–H and O–H groups in total. The van der Waals surface area contributed by atoms with Crippen LogP contribution in [0, 0.1) is 0 Å². The van der Waals surface area contributed by atoms with Crippen LogP contribution >= 0.6 is 0 Å². The molecule has 2 aromatic carbocycles. The zero-order valence-electron chi connectivity index (χ0n) is 13.1. The Morgan fingerprint density at radius 1 is 0.955 bits per heavy atom. The van der Waals surface area contributed by atoms with Gasteiger partial charge in [0, 0.05) is 24.3 Å². The van der Waals surface area contributed by atoms with Gasteiger partial charge in [-0.1, -0.05) is 30.3 Å². The first-order valence-electron chi connectivity index (χ1n) is 7.55. The van der Waals surface area contributed by atoms with Crippen LogP contribution in [-0.4, -0.2) is 19.0 Å². The first-order chi connectivity index (χ1) is 10.7. The number of rotatable bonds is 6. The number of carbonyl (C=O) groups is 1. The van der Waals surface area contributed by atoms with Gasteiger partial charge in [0.05, 0.1) is 6.54 Å². The van der Waals surface area contributed by atoms with Crippen molar-refractivity contribution in [1.82, 2.24) is 0 Å². The maximum atomic E-state index is 11.8. The van der Waals surface area contributed by atoms with E-state index in [4.69, 9.17) is 0 Å². The van der Waals surface area contributed by atoms with E-state index in [0.717, 1.165) is 18.7 Å². The summed E-state index contributed by atoms with van der Waals surface area (Å²) < 4.78 is 0. The van der Waals surface area contributed by atoms with Gasteiger partial charge in [0.2, 0.25) is 0 Å². The van der Waals surface area contributed by atoms with Gasteiger partial charge in [0.1, 0.15) is 0 Å². The second kappa shape index (κ2) is 8.08. The van der Waals surface area contributed by atoms with Crippen LogP contribution in [0.1, 0.15) is 29.8 Å². The topological polar surface area (TPSA) is 45.0 Å². The van der Waals surface area contributed by atoms with Crippen LogP contribution in [0.5, 0.6) is 0 Å². The Morgan fingerprint density at radius 2 is 1.59 bits per heavy atom. The fraction of sp³-hybridized carbons (Fsp3) is 0.278. The minimum Gasteiger partial charge on any atom is -0.372 e. The third kappa shape index (κ3) is 4.25. The molecule has 0 heterocycles. The Bertz CT molecular complexity index is 617. The molecule has 0 aliphatic carbocycles. The van der Waals surface area contributed by atoms with E-state index < -0.39 is 0 Å². The van der Waals surface area contributed by atoms with Crippen molar-refractivity contribution in [2.45, 2.75) is 20.4 Å². The fourth-order valence-corrected chi connectivity index (χ4v) is 2.22. The number of amides is 1. The maximum absolute atomic E-state index is 11.8. The average molecular weight is 295 g/mol. The van der Waals surface area contributed by atoms with Crippen LogP contribution in [0.25, 0.3) is 0 Å². The normalized spacial score (nSPS) is 10.8. The van der Waals surface area contributed by atoms with E-state index in [1.807, 2.05) is 30.3 Å². The van der Waals surface area contributed by atoms with Gasteiger partial charge in [0.25, 0.3) is 5.91 Å². The molecule has 22 heavy (non-hydrogen) atoms. The van der Waals surface area contributed by atoms with Gasteiger partial charge in [-0.15, -0.1) is 5.11 Å². The summed E-state index contributed by atoms with van der Waals surface area (Å²) in [5, 5.41) is 7.75. The van der Waals surface area contributed by atoms with Crippen LogP contribution in [0.2, 0.25) is 0 Å². The largest absolute Gasteiger partial charge is 0.372 e. The first-order valence-corrected chi connectivity index (χ1v) is 7.55. The molecule has 4 nitrogen and oxygen atoms in total. The van der Waals surface area contributed by atoms with Crippen molar-refractivity contribution in [1.29, 1.82) is 0 Å². The lowest BCUT2D eigenvalue weighted by Crippen LogP contribution is -2.21. The highest BCUT2D eigenvalue weighted by Gasteiger charge is 2.03. The van der Waals surface area contributed by atoms with E-state index in [0.29, 0.717) is 12.1 Å². The summed E-state index contributed by atoms with van der Waals surface area (Å²) in [6.07, 6.45) is 0. The smallest absolute Gasteiger partial charge is 0.295 e. The number of hydrogen-bond acceptors (Lipinski definition) is 3. The number of anilines is 1. The van der Waals surface area contributed by atoms with Gasteiger partial charge in [-0.2, -0.15) is 5.11 Å². The SMILES string of the molecule is CCN(CC)c1ccc(CN=NC(=O)c2ccccc2)cc1. The van der Waals surface area contributed by atoms with E-state index in [-0.39, 0.29) is 5.91 Å². The summed E-state index contributed by atoms with van der Waals surface area (Å²) in [7, 11) is 0. The number of benzene rings is 2. The maximum Gasteiger partial charge on any atom is 0.295 e. The summed E-state index contributed by atoms with van der Waals surface area (Å²) in [6, 6.07) is 17.2. The summed E-state index contributed by atoms with van der Waals surface area (Å²) in [6.45, 7) is 6.67. The van der Waals surface area contributed by atoms with Crippen LogP contribution < -0.4 is 4.90 Å². The highest BCUT2D eigenvalue weighted by Crippen LogP contribution is 2.15. The molecule has 0 spiro atoms. The fourth-order valence-electron chi connectivity index (χ4n) is 2.22. The first kappa shape index (κ1) is 15.9. The van der Waals surface area contributed by atoms with Gasteiger partial charge in [-0.25, -0.2) is 0 Å². The highest BCUT2D eigenvalue weighted by molar-refractivity contribution is 5.94. The molecule has 4 heteroatoms. The summed E-state index contributed by atoms with van der Waals surface area (Å²) in [4.78, 5) is 14.1. The van der Waals surface area contributed by atoms with Crippen molar-refractivity contribution in [2.24, 2.45) is 10.2 Å². The molecule has 0 saturated carbocycles. The average Bonchev–Trinajstić information content (AvgIpc) is 2.58. The standard InChI is InChI=1S/C18H21N3O/c1-3-21(4-2)17-12-10-15(11-13-17)14-19-20-18(22)16-8-6-5-7-9-16/h5-13H,3-4,14H2,1-2H3. The molecule has 0 fully saturated rings. The lowest BCUT2D eigenvalue weighted by Gasteiger charge is -2.20. The Kier molecular flexibility index (Phi) is 5.83. The minimum atomic E-state index is -0.305. The Hall–Kier alpha value is -2.49. The van der Waals surface area contributed by atoms with E-state index in [1.54, 1.807) is 12.1 Å². The molecule has 0 aromatic heterocycles. The molecule has 0 radical (unpaired) electrons. The molecule has 0 aliphatic heterocycles. The van der Waals surface area contributed by atoms with Crippen LogP contribution in [0.4, 0.5) is 5.69 Å². The lowest BCUT2D eigenvalue weighted by atomic mass is 10.2.